The van der Waals surface area contributed by atoms with Gasteiger partial charge in [0.25, 0.3) is 0 Å². The van der Waals surface area contributed by atoms with Crippen molar-refractivity contribution in [1.29, 1.82) is 0 Å². The number of thiazole rings is 1. The number of anilines is 1. The molecule has 0 amide bonds. The second kappa shape index (κ2) is 10.3. The van der Waals surface area contributed by atoms with E-state index in [1.807, 2.05) is 44.2 Å². The van der Waals surface area contributed by atoms with Crippen molar-refractivity contribution in [3.05, 3.63) is 58.4 Å². The molecule has 4 aromatic rings. The number of aliphatic hydroxyl groups excluding tert-OH is 1. The van der Waals surface area contributed by atoms with Gasteiger partial charge < -0.3 is 23.9 Å². The van der Waals surface area contributed by atoms with Crippen LogP contribution in [0.4, 0.5) is 5.69 Å². The van der Waals surface area contributed by atoms with Gasteiger partial charge in [-0.25, -0.2) is 14.6 Å². The van der Waals surface area contributed by atoms with Crippen LogP contribution in [0.1, 0.15) is 31.1 Å². The molecule has 2 aromatic heterocycles. The maximum Gasteiger partial charge on any atom is 0.347 e. The molecule has 2 aromatic carbocycles. The number of esters is 1. The first kappa shape index (κ1) is 23.9. The summed E-state index contributed by atoms with van der Waals surface area (Å²) >= 11 is 1.30. The smallest absolute Gasteiger partial charge is 0.347 e. The van der Waals surface area contributed by atoms with Gasteiger partial charge in [0, 0.05) is 30.2 Å². The lowest BCUT2D eigenvalue weighted by Gasteiger charge is -2.21. The van der Waals surface area contributed by atoms with E-state index in [-0.39, 0.29) is 29.9 Å². The molecule has 1 atom stereocenters. The fourth-order valence-corrected chi connectivity index (χ4v) is 4.83. The summed E-state index contributed by atoms with van der Waals surface area (Å²) in [7, 11) is 0. The zero-order valence-electron chi connectivity index (χ0n) is 19.2. The number of ether oxygens (including phenoxy) is 2. The summed E-state index contributed by atoms with van der Waals surface area (Å²) in [5, 5.41) is 9.81. The zero-order valence-corrected chi connectivity index (χ0v) is 20.1. The summed E-state index contributed by atoms with van der Waals surface area (Å²) < 4.78 is 17.3. The third-order valence-electron chi connectivity index (χ3n) is 5.45. The number of aliphatic hydroxyl groups is 1. The molecule has 2 heterocycles. The summed E-state index contributed by atoms with van der Waals surface area (Å²) in [4.78, 5) is 33.3. The van der Waals surface area contributed by atoms with Gasteiger partial charge >= 0.3 is 11.6 Å². The molecule has 0 bridgehead atoms. The largest absolute Gasteiger partial charge is 0.432 e. The van der Waals surface area contributed by atoms with Crippen LogP contribution in [0.3, 0.4) is 0 Å². The number of para-hydroxylation sites is 1. The minimum atomic E-state index is -0.917. The van der Waals surface area contributed by atoms with E-state index in [4.69, 9.17) is 19.0 Å². The van der Waals surface area contributed by atoms with E-state index in [1.54, 1.807) is 19.1 Å². The monoisotopic (exact) mass is 482 g/mol. The van der Waals surface area contributed by atoms with E-state index >= 15 is 0 Å². The van der Waals surface area contributed by atoms with Crippen molar-refractivity contribution in [2.45, 2.75) is 27.1 Å². The molecular formula is C25H26N2O6S. The van der Waals surface area contributed by atoms with Crippen molar-refractivity contribution >= 4 is 44.2 Å². The van der Waals surface area contributed by atoms with E-state index < -0.39 is 17.9 Å². The summed E-state index contributed by atoms with van der Waals surface area (Å²) in [6.07, 6.45) is -0.917. The average Bonchev–Trinajstić information content (AvgIpc) is 3.26. The van der Waals surface area contributed by atoms with Gasteiger partial charge in [0.15, 0.2) is 0 Å². The Labute approximate surface area is 200 Å². The van der Waals surface area contributed by atoms with Gasteiger partial charge in [0.2, 0.25) is 6.29 Å². The molecule has 4 rings (SSSR count). The summed E-state index contributed by atoms with van der Waals surface area (Å²) in [6.45, 7) is 7.01. The molecule has 178 valence electrons. The lowest BCUT2D eigenvalue weighted by Crippen LogP contribution is -2.23. The Kier molecular flexibility index (Phi) is 7.26. The van der Waals surface area contributed by atoms with Crippen LogP contribution in [0, 0.1) is 0 Å². The fourth-order valence-electron chi connectivity index (χ4n) is 3.82. The number of benzene rings is 2. The molecular weight excluding hydrogens is 456 g/mol. The number of hydrogen-bond acceptors (Lipinski definition) is 9. The van der Waals surface area contributed by atoms with Crippen LogP contribution in [-0.4, -0.2) is 48.7 Å². The van der Waals surface area contributed by atoms with Crippen LogP contribution in [0.5, 0.6) is 0 Å². The SMILES string of the molecule is CCN(CC)c1ccc2c(C(=O)OC(C)OCCO)c(-c3nc4ccccc4s3)c(=O)oc2c1. The molecule has 8 nitrogen and oxygen atoms in total. The molecule has 0 aliphatic heterocycles. The quantitative estimate of drug-likeness (QED) is 0.212. The molecule has 0 aliphatic carbocycles. The minimum Gasteiger partial charge on any atom is -0.432 e. The number of hydrogen-bond donors (Lipinski definition) is 1. The standard InChI is InChI=1S/C25H26N2O6S/c1-4-27(5-2)16-10-11-17-19(14-16)33-25(30)22(21(17)24(29)32-15(3)31-13-12-28)23-26-18-8-6-7-9-20(18)34-23/h6-11,14-15,28H,4-5,12-13H2,1-3H3. The van der Waals surface area contributed by atoms with Crippen molar-refractivity contribution in [2.24, 2.45) is 0 Å². The highest BCUT2D eigenvalue weighted by molar-refractivity contribution is 7.21. The van der Waals surface area contributed by atoms with Crippen molar-refractivity contribution in [3.63, 3.8) is 0 Å². The van der Waals surface area contributed by atoms with Crippen molar-refractivity contribution in [2.75, 3.05) is 31.2 Å². The van der Waals surface area contributed by atoms with E-state index in [9.17, 15) is 9.59 Å². The molecule has 0 fully saturated rings. The molecule has 0 radical (unpaired) electrons. The van der Waals surface area contributed by atoms with Gasteiger partial charge in [-0.05, 0) is 45.0 Å². The molecule has 0 aliphatic rings. The minimum absolute atomic E-state index is 0.0179. The molecule has 0 spiro atoms. The highest BCUT2D eigenvalue weighted by atomic mass is 32.1. The first-order valence-electron chi connectivity index (χ1n) is 11.1. The molecule has 9 heteroatoms. The molecule has 1 unspecified atom stereocenters. The summed E-state index contributed by atoms with van der Waals surface area (Å²) in [5.74, 6) is -0.729. The van der Waals surface area contributed by atoms with Gasteiger partial charge in [-0.3, -0.25) is 0 Å². The maximum absolute atomic E-state index is 13.3. The van der Waals surface area contributed by atoms with Crippen LogP contribution >= 0.6 is 11.3 Å². The van der Waals surface area contributed by atoms with Crippen LogP contribution in [-0.2, 0) is 9.47 Å². The Bertz CT molecular complexity index is 1340. The average molecular weight is 483 g/mol. The van der Waals surface area contributed by atoms with E-state index in [2.05, 4.69) is 9.88 Å². The molecule has 0 saturated heterocycles. The Balaban J connectivity index is 1.91. The first-order chi connectivity index (χ1) is 16.5. The number of carbonyl (C=O) groups excluding carboxylic acids is 1. The van der Waals surface area contributed by atoms with Crippen molar-refractivity contribution in [1.82, 2.24) is 4.98 Å². The second-order valence-corrected chi connectivity index (χ2v) is 8.58. The number of carbonyl (C=O) groups is 1. The number of rotatable bonds is 9. The van der Waals surface area contributed by atoms with Crippen molar-refractivity contribution < 1.29 is 23.8 Å². The van der Waals surface area contributed by atoms with Crippen LogP contribution < -0.4 is 10.5 Å². The van der Waals surface area contributed by atoms with Gasteiger partial charge in [-0.15, -0.1) is 11.3 Å². The highest BCUT2D eigenvalue weighted by Crippen LogP contribution is 2.35. The normalized spacial score (nSPS) is 12.2. The van der Waals surface area contributed by atoms with Gasteiger partial charge in [0.1, 0.15) is 16.2 Å². The van der Waals surface area contributed by atoms with Crippen LogP contribution in [0.15, 0.2) is 51.7 Å². The Morgan fingerprint density at radius 3 is 2.68 bits per heavy atom. The first-order valence-corrected chi connectivity index (χ1v) is 11.9. The third-order valence-corrected chi connectivity index (χ3v) is 6.50. The Hall–Kier alpha value is -3.27. The molecule has 34 heavy (non-hydrogen) atoms. The molecule has 1 N–H and O–H groups in total. The maximum atomic E-state index is 13.3. The van der Waals surface area contributed by atoms with Gasteiger partial charge in [0.05, 0.1) is 29.0 Å². The fraction of sp³-hybridized carbons (Fsp3) is 0.320. The van der Waals surface area contributed by atoms with Gasteiger partial charge in [-0.2, -0.15) is 0 Å². The van der Waals surface area contributed by atoms with Crippen LogP contribution in [0.2, 0.25) is 0 Å². The number of fused-ring (bicyclic) bond motifs is 2. The predicted octanol–water partition coefficient (Wildman–Crippen LogP) is 4.43. The van der Waals surface area contributed by atoms with E-state index in [1.165, 1.54) is 11.3 Å². The predicted molar refractivity (Wildman–Crippen MR) is 133 cm³/mol. The topological polar surface area (TPSA) is 102 Å². The lowest BCUT2D eigenvalue weighted by atomic mass is 10.0. The number of nitrogens with zero attached hydrogens (tertiary/aromatic N) is 2. The van der Waals surface area contributed by atoms with E-state index in [0.717, 1.165) is 29.0 Å². The van der Waals surface area contributed by atoms with Crippen molar-refractivity contribution in [3.8, 4) is 10.6 Å². The van der Waals surface area contributed by atoms with Gasteiger partial charge in [-0.1, -0.05) is 12.1 Å². The second-order valence-electron chi connectivity index (χ2n) is 7.55. The third kappa shape index (κ3) is 4.68. The molecule has 0 saturated carbocycles. The summed E-state index contributed by atoms with van der Waals surface area (Å²) in [5.41, 5.74) is 1.36. The summed E-state index contributed by atoms with van der Waals surface area (Å²) in [6, 6.07) is 12.9. The number of aromatic nitrogens is 1. The Morgan fingerprint density at radius 2 is 1.97 bits per heavy atom. The zero-order chi connectivity index (χ0) is 24.2. The Morgan fingerprint density at radius 1 is 1.21 bits per heavy atom. The van der Waals surface area contributed by atoms with Crippen LogP contribution in [0.25, 0.3) is 31.8 Å². The lowest BCUT2D eigenvalue weighted by molar-refractivity contribution is -0.104. The highest BCUT2D eigenvalue weighted by Gasteiger charge is 2.27. The van der Waals surface area contributed by atoms with E-state index in [0.29, 0.717) is 10.4 Å².